The van der Waals surface area contributed by atoms with Crippen LogP contribution >= 0.6 is 0 Å². The lowest BCUT2D eigenvalue weighted by atomic mass is 9.84. The number of carbonyl (C=O) groups excluding carboxylic acids is 1. The standard InChI is InChI=1S/C18H30N2O4/c1-18(2,3)16(15-9-6-5-7-10-15)24-17(21)20(22)13-8-11-19-12-14-23-4/h5-7,9-10,16,19,22H,8,11-14H2,1-4H3. The van der Waals surface area contributed by atoms with E-state index in [2.05, 4.69) is 5.32 Å². The number of hydroxylamine groups is 2. The van der Waals surface area contributed by atoms with Crippen molar-refractivity contribution in [3.8, 4) is 0 Å². The highest BCUT2D eigenvalue weighted by Crippen LogP contribution is 2.36. The van der Waals surface area contributed by atoms with Crippen molar-refractivity contribution in [2.75, 3.05) is 33.4 Å². The van der Waals surface area contributed by atoms with Crippen LogP contribution in [0.3, 0.4) is 0 Å². The summed E-state index contributed by atoms with van der Waals surface area (Å²) in [6.45, 7) is 8.28. The third-order valence-electron chi connectivity index (χ3n) is 3.52. The van der Waals surface area contributed by atoms with Crippen molar-refractivity contribution in [3.63, 3.8) is 0 Å². The number of amides is 1. The van der Waals surface area contributed by atoms with Gasteiger partial charge in [0.1, 0.15) is 6.10 Å². The molecule has 0 spiro atoms. The van der Waals surface area contributed by atoms with Crippen LogP contribution in [0.15, 0.2) is 30.3 Å². The van der Waals surface area contributed by atoms with Gasteiger partial charge in [-0.2, -0.15) is 5.06 Å². The molecule has 6 heteroatoms. The van der Waals surface area contributed by atoms with Gasteiger partial charge >= 0.3 is 6.09 Å². The van der Waals surface area contributed by atoms with E-state index in [9.17, 15) is 10.0 Å². The molecule has 1 unspecified atom stereocenters. The highest BCUT2D eigenvalue weighted by Gasteiger charge is 2.31. The Morgan fingerprint density at radius 1 is 1.25 bits per heavy atom. The molecule has 0 aromatic heterocycles. The monoisotopic (exact) mass is 338 g/mol. The molecule has 24 heavy (non-hydrogen) atoms. The van der Waals surface area contributed by atoms with E-state index in [1.165, 1.54) is 0 Å². The van der Waals surface area contributed by atoms with Gasteiger partial charge in [0, 0.05) is 19.1 Å². The summed E-state index contributed by atoms with van der Waals surface area (Å²) in [5.41, 5.74) is 0.632. The highest BCUT2D eigenvalue weighted by atomic mass is 16.6. The van der Waals surface area contributed by atoms with E-state index in [4.69, 9.17) is 9.47 Å². The maximum Gasteiger partial charge on any atom is 0.434 e. The number of hydrogen-bond acceptors (Lipinski definition) is 5. The van der Waals surface area contributed by atoms with Gasteiger partial charge in [0.2, 0.25) is 0 Å². The van der Waals surface area contributed by atoms with Gasteiger partial charge < -0.3 is 14.8 Å². The average molecular weight is 338 g/mol. The van der Waals surface area contributed by atoms with Crippen LogP contribution in [0.4, 0.5) is 4.79 Å². The van der Waals surface area contributed by atoms with Crippen molar-refractivity contribution in [1.82, 2.24) is 10.4 Å². The minimum Gasteiger partial charge on any atom is -0.439 e. The number of nitrogens with one attached hydrogen (secondary N) is 1. The maximum absolute atomic E-state index is 12.2. The fraction of sp³-hybridized carbons (Fsp3) is 0.611. The molecule has 1 aromatic rings. The number of ether oxygens (including phenoxy) is 2. The first kappa shape index (κ1) is 20.4. The normalized spacial score (nSPS) is 12.7. The van der Waals surface area contributed by atoms with E-state index in [0.717, 1.165) is 12.1 Å². The first-order valence-corrected chi connectivity index (χ1v) is 8.28. The zero-order valence-corrected chi connectivity index (χ0v) is 15.1. The Balaban J connectivity index is 2.50. The fourth-order valence-corrected chi connectivity index (χ4v) is 2.28. The van der Waals surface area contributed by atoms with Gasteiger partial charge in [0.25, 0.3) is 0 Å². The second-order valence-electron chi connectivity index (χ2n) is 6.76. The van der Waals surface area contributed by atoms with Crippen molar-refractivity contribution in [2.24, 2.45) is 5.41 Å². The number of nitrogens with zero attached hydrogens (tertiary/aromatic N) is 1. The van der Waals surface area contributed by atoms with E-state index in [0.29, 0.717) is 24.6 Å². The van der Waals surface area contributed by atoms with Gasteiger partial charge in [-0.15, -0.1) is 0 Å². The number of carbonyl (C=O) groups is 1. The first-order chi connectivity index (χ1) is 11.4. The van der Waals surface area contributed by atoms with E-state index >= 15 is 0 Å². The van der Waals surface area contributed by atoms with Crippen LogP contribution in [0.5, 0.6) is 0 Å². The second kappa shape index (κ2) is 10.3. The molecule has 0 radical (unpaired) electrons. The van der Waals surface area contributed by atoms with Crippen molar-refractivity contribution >= 4 is 6.09 Å². The van der Waals surface area contributed by atoms with Crippen molar-refractivity contribution < 1.29 is 19.5 Å². The lowest BCUT2D eigenvalue weighted by molar-refractivity contribution is -0.0959. The molecule has 1 aromatic carbocycles. The molecule has 0 aliphatic heterocycles. The van der Waals surface area contributed by atoms with Crippen LogP contribution < -0.4 is 5.32 Å². The topological polar surface area (TPSA) is 71.0 Å². The van der Waals surface area contributed by atoms with Gasteiger partial charge in [-0.05, 0) is 18.5 Å². The summed E-state index contributed by atoms with van der Waals surface area (Å²) < 4.78 is 10.5. The molecule has 1 atom stereocenters. The molecule has 0 fully saturated rings. The Morgan fingerprint density at radius 2 is 1.92 bits per heavy atom. The second-order valence-corrected chi connectivity index (χ2v) is 6.76. The summed E-state index contributed by atoms with van der Waals surface area (Å²) in [5, 5.41) is 13.7. The Hall–Kier alpha value is -1.63. The number of methoxy groups -OCH3 is 1. The van der Waals surface area contributed by atoms with Gasteiger partial charge in [-0.25, -0.2) is 4.79 Å². The summed E-state index contributed by atoms with van der Waals surface area (Å²) in [6.07, 6.45) is -0.530. The Morgan fingerprint density at radius 3 is 2.50 bits per heavy atom. The van der Waals surface area contributed by atoms with E-state index in [1.54, 1.807) is 7.11 Å². The van der Waals surface area contributed by atoms with Crippen LogP contribution in [-0.2, 0) is 9.47 Å². The Labute approximate surface area is 144 Å². The zero-order valence-electron chi connectivity index (χ0n) is 15.1. The number of benzene rings is 1. The molecule has 1 rings (SSSR count). The molecule has 6 nitrogen and oxygen atoms in total. The fourth-order valence-electron chi connectivity index (χ4n) is 2.28. The summed E-state index contributed by atoms with van der Waals surface area (Å²) >= 11 is 0. The van der Waals surface area contributed by atoms with Gasteiger partial charge in [0.15, 0.2) is 0 Å². The van der Waals surface area contributed by atoms with E-state index < -0.39 is 12.2 Å². The van der Waals surface area contributed by atoms with E-state index in [-0.39, 0.29) is 12.0 Å². The van der Waals surface area contributed by atoms with Crippen LogP contribution in [0.1, 0.15) is 38.9 Å². The third-order valence-corrected chi connectivity index (χ3v) is 3.52. The molecule has 136 valence electrons. The summed E-state index contributed by atoms with van der Waals surface area (Å²) in [4.78, 5) is 12.2. The third kappa shape index (κ3) is 7.29. The zero-order chi connectivity index (χ0) is 18.0. The predicted octanol–water partition coefficient (Wildman–Crippen LogP) is 3.23. The Bertz CT molecular complexity index is 474. The first-order valence-electron chi connectivity index (χ1n) is 8.28. The molecule has 1 amide bonds. The maximum atomic E-state index is 12.2. The van der Waals surface area contributed by atoms with Crippen molar-refractivity contribution in [1.29, 1.82) is 0 Å². The summed E-state index contributed by atoms with van der Waals surface area (Å²) in [6, 6.07) is 9.57. The smallest absolute Gasteiger partial charge is 0.434 e. The molecule has 0 aliphatic carbocycles. The molecule has 0 saturated heterocycles. The minimum absolute atomic E-state index is 0.213. The number of rotatable bonds is 9. The van der Waals surface area contributed by atoms with Crippen LogP contribution in [0.2, 0.25) is 0 Å². The molecule has 2 N–H and O–H groups in total. The van der Waals surface area contributed by atoms with Crippen LogP contribution in [-0.4, -0.2) is 49.7 Å². The molecule has 0 saturated carbocycles. The van der Waals surface area contributed by atoms with Crippen LogP contribution in [0.25, 0.3) is 0 Å². The lowest BCUT2D eigenvalue weighted by Crippen LogP contribution is -2.34. The number of hydrogen-bond donors (Lipinski definition) is 2. The predicted molar refractivity (Wildman–Crippen MR) is 93.0 cm³/mol. The molecular formula is C18H30N2O4. The van der Waals surface area contributed by atoms with Gasteiger partial charge in [0.05, 0.1) is 13.2 Å². The quantitative estimate of drug-likeness (QED) is 0.411. The van der Waals surface area contributed by atoms with Crippen molar-refractivity contribution in [3.05, 3.63) is 35.9 Å². The van der Waals surface area contributed by atoms with Crippen molar-refractivity contribution in [2.45, 2.75) is 33.3 Å². The summed E-state index contributed by atoms with van der Waals surface area (Å²) in [7, 11) is 1.64. The lowest BCUT2D eigenvalue weighted by Gasteiger charge is -2.31. The Kier molecular flexibility index (Phi) is 8.74. The van der Waals surface area contributed by atoms with E-state index in [1.807, 2.05) is 51.1 Å². The van der Waals surface area contributed by atoms with Gasteiger partial charge in [-0.1, -0.05) is 51.1 Å². The summed E-state index contributed by atoms with van der Waals surface area (Å²) in [5.74, 6) is 0. The van der Waals surface area contributed by atoms with Crippen LogP contribution in [0, 0.1) is 5.41 Å². The molecule has 0 aliphatic rings. The van der Waals surface area contributed by atoms with Gasteiger partial charge in [-0.3, -0.25) is 5.21 Å². The SMILES string of the molecule is COCCNCCCN(O)C(=O)OC(c1ccccc1)C(C)(C)C. The molecular weight excluding hydrogens is 308 g/mol. The average Bonchev–Trinajstić information content (AvgIpc) is 2.55. The largest absolute Gasteiger partial charge is 0.439 e. The molecule has 0 heterocycles. The highest BCUT2D eigenvalue weighted by molar-refractivity contribution is 5.66. The molecule has 0 bridgehead atoms. The minimum atomic E-state index is -0.726.